The molecule has 1 unspecified atom stereocenters. The number of amides is 1. The van der Waals surface area contributed by atoms with Crippen molar-refractivity contribution >= 4 is 11.9 Å². The number of nitrogens with zero attached hydrogens (tertiary/aromatic N) is 1. The predicted octanol–water partition coefficient (Wildman–Crippen LogP) is 2.86. The second-order valence-corrected chi connectivity index (χ2v) is 7.52. The van der Waals surface area contributed by atoms with Gasteiger partial charge in [0.2, 0.25) is 5.91 Å². The summed E-state index contributed by atoms with van der Waals surface area (Å²) in [4.78, 5) is 25.3. The quantitative estimate of drug-likeness (QED) is 0.796. The van der Waals surface area contributed by atoms with Crippen LogP contribution in [0.15, 0.2) is 24.3 Å². The monoisotopic (exact) mass is 346 g/mol. The highest BCUT2D eigenvalue weighted by atomic mass is 16.4. The molecule has 1 saturated heterocycles. The molecule has 5 heteroatoms. The second-order valence-electron chi connectivity index (χ2n) is 7.52. The van der Waals surface area contributed by atoms with Gasteiger partial charge in [0.1, 0.15) is 0 Å². The minimum atomic E-state index is -0.723. The van der Waals surface area contributed by atoms with Gasteiger partial charge in [0.15, 0.2) is 0 Å². The van der Waals surface area contributed by atoms with Crippen molar-refractivity contribution in [2.45, 2.75) is 46.1 Å². The van der Waals surface area contributed by atoms with E-state index in [4.69, 9.17) is 5.11 Å². The van der Waals surface area contributed by atoms with E-state index in [1.165, 1.54) is 5.56 Å². The van der Waals surface area contributed by atoms with Gasteiger partial charge < -0.3 is 10.4 Å². The van der Waals surface area contributed by atoms with E-state index in [1.54, 1.807) is 0 Å². The smallest absolute Gasteiger partial charge is 0.306 e. The molecule has 2 N–H and O–H groups in total. The van der Waals surface area contributed by atoms with E-state index in [2.05, 4.69) is 43.4 Å². The molecule has 1 aliphatic heterocycles. The summed E-state index contributed by atoms with van der Waals surface area (Å²) in [5, 5.41) is 12.1. The third-order valence-electron chi connectivity index (χ3n) is 4.81. The number of rotatable bonds is 7. The molecule has 2 rings (SSSR count). The Bertz CT molecular complexity index is 575. The second kappa shape index (κ2) is 8.99. The van der Waals surface area contributed by atoms with E-state index in [0.717, 1.165) is 12.0 Å². The molecule has 1 amide bonds. The highest BCUT2D eigenvalue weighted by Gasteiger charge is 2.25. The van der Waals surface area contributed by atoms with Crippen molar-refractivity contribution in [3.8, 4) is 0 Å². The lowest BCUT2D eigenvalue weighted by Gasteiger charge is -2.29. The van der Waals surface area contributed by atoms with Crippen LogP contribution >= 0.6 is 0 Å². The van der Waals surface area contributed by atoms with Gasteiger partial charge in [-0.1, -0.05) is 38.1 Å². The maximum atomic E-state index is 12.3. The highest BCUT2D eigenvalue weighted by molar-refractivity contribution is 5.78. The van der Waals surface area contributed by atoms with Gasteiger partial charge in [-0.05, 0) is 56.3 Å². The zero-order chi connectivity index (χ0) is 18.4. The van der Waals surface area contributed by atoms with Crippen LogP contribution in [0.25, 0.3) is 0 Å². The number of hydrogen-bond acceptors (Lipinski definition) is 3. The molecule has 1 heterocycles. The van der Waals surface area contributed by atoms with Gasteiger partial charge in [-0.15, -0.1) is 0 Å². The standard InChI is InChI=1S/C20H30N2O3/c1-14(2)12-16-4-6-17(7-5-16)15(3)21-19(23)13-22-10-8-18(9-11-22)20(24)25/h4-7,14-15,18H,8-13H2,1-3H3,(H,21,23)(H,24,25). The molecule has 1 aliphatic rings. The normalized spacial score (nSPS) is 17.4. The zero-order valence-corrected chi connectivity index (χ0v) is 15.5. The fraction of sp³-hybridized carbons (Fsp3) is 0.600. The molecule has 138 valence electrons. The molecule has 5 nitrogen and oxygen atoms in total. The van der Waals surface area contributed by atoms with E-state index >= 15 is 0 Å². The number of carboxylic acids is 1. The average Bonchev–Trinajstić information content (AvgIpc) is 2.55. The molecule has 0 aromatic heterocycles. The number of likely N-dealkylation sites (tertiary alicyclic amines) is 1. The van der Waals surface area contributed by atoms with Crippen LogP contribution in [0.3, 0.4) is 0 Å². The fourth-order valence-corrected chi connectivity index (χ4v) is 3.33. The topological polar surface area (TPSA) is 69.6 Å². The van der Waals surface area contributed by atoms with Crippen molar-refractivity contribution in [1.82, 2.24) is 10.2 Å². The van der Waals surface area contributed by atoms with Crippen molar-refractivity contribution in [3.05, 3.63) is 35.4 Å². The summed E-state index contributed by atoms with van der Waals surface area (Å²) in [6.07, 6.45) is 2.30. The molecular weight excluding hydrogens is 316 g/mol. The number of carboxylic acid groups (broad SMARTS) is 1. The van der Waals surface area contributed by atoms with Gasteiger partial charge in [-0.2, -0.15) is 0 Å². The molecule has 0 bridgehead atoms. The van der Waals surface area contributed by atoms with E-state index < -0.39 is 5.97 Å². The molecule has 0 saturated carbocycles. The van der Waals surface area contributed by atoms with Gasteiger partial charge in [-0.3, -0.25) is 14.5 Å². The largest absolute Gasteiger partial charge is 0.481 e. The number of carbonyl (C=O) groups is 2. The van der Waals surface area contributed by atoms with E-state index in [1.807, 2.05) is 11.8 Å². The first kappa shape index (κ1) is 19.4. The van der Waals surface area contributed by atoms with Crippen molar-refractivity contribution in [1.29, 1.82) is 0 Å². The molecular formula is C20H30N2O3. The van der Waals surface area contributed by atoms with Gasteiger partial charge in [-0.25, -0.2) is 0 Å². The summed E-state index contributed by atoms with van der Waals surface area (Å²) < 4.78 is 0. The van der Waals surface area contributed by atoms with Crippen LogP contribution in [0.5, 0.6) is 0 Å². The first-order valence-corrected chi connectivity index (χ1v) is 9.18. The first-order valence-electron chi connectivity index (χ1n) is 9.18. The number of nitrogens with one attached hydrogen (secondary N) is 1. The molecule has 0 aliphatic carbocycles. The highest BCUT2D eigenvalue weighted by Crippen LogP contribution is 2.18. The lowest BCUT2D eigenvalue weighted by atomic mass is 9.97. The zero-order valence-electron chi connectivity index (χ0n) is 15.5. The maximum absolute atomic E-state index is 12.3. The Morgan fingerprint density at radius 3 is 2.28 bits per heavy atom. The van der Waals surface area contributed by atoms with Crippen LogP contribution in [-0.4, -0.2) is 41.5 Å². The molecule has 0 spiro atoms. The number of benzene rings is 1. The Hall–Kier alpha value is -1.88. The van der Waals surface area contributed by atoms with Crippen LogP contribution in [-0.2, 0) is 16.0 Å². The van der Waals surface area contributed by atoms with Gasteiger partial charge in [0.25, 0.3) is 0 Å². The van der Waals surface area contributed by atoms with E-state index in [-0.39, 0.29) is 17.9 Å². The lowest BCUT2D eigenvalue weighted by molar-refractivity contribution is -0.143. The molecule has 25 heavy (non-hydrogen) atoms. The Balaban J connectivity index is 1.79. The lowest BCUT2D eigenvalue weighted by Crippen LogP contribution is -2.43. The third kappa shape index (κ3) is 6.16. The summed E-state index contributed by atoms with van der Waals surface area (Å²) in [5.74, 6) is -0.359. The van der Waals surface area contributed by atoms with Gasteiger partial charge >= 0.3 is 5.97 Å². The average molecular weight is 346 g/mol. The Labute approximate surface area is 150 Å². The van der Waals surface area contributed by atoms with Crippen LogP contribution < -0.4 is 5.32 Å². The molecule has 0 radical (unpaired) electrons. The van der Waals surface area contributed by atoms with Gasteiger partial charge in [0, 0.05) is 0 Å². The number of carbonyl (C=O) groups excluding carboxylic acids is 1. The maximum Gasteiger partial charge on any atom is 0.306 e. The summed E-state index contributed by atoms with van der Waals surface area (Å²) in [5.41, 5.74) is 2.42. The minimum Gasteiger partial charge on any atom is -0.481 e. The van der Waals surface area contributed by atoms with Crippen molar-refractivity contribution in [3.63, 3.8) is 0 Å². The third-order valence-corrected chi connectivity index (χ3v) is 4.81. The SMILES string of the molecule is CC(C)Cc1ccc(C(C)NC(=O)CN2CCC(C(=O)O)CC2)cc1. The van der Waals surface area contributed by atoms with Crippen molar-refractivity contribution in [2.75, 3.05) is 19.6 Å². The molecule has 1 atom stereocenters. The first-order chi connectivity index (χ1) is 11.8. The van der Waals surface area contributed by atoms with Crippen LogP contribution in [0.4, 0.5) is 0 Å². The predicted molar refractivity (Wildman–Crippen MR) is 98.3 cm³/mol. The van der Waals surface area contributed by atoms with Crippen LogP contribution in [0.1, 0.15) is 50.8 Å². The molecule has 1 aromatic rings. The van der Waals surface area contributed by atoms with Crippen molar-refractivity contribution < 1.29 is 14.7 Å². The Kier molecular flexibility index (Phi) is 7.00. The summed E-state index contributed by atoms with van der Waals surface area (Å²) in [6.45, 7) is 8.07. The summed E-state index contributed by atoms with van der Waals surface area (Å²) >= 11 is 0. The van der Waals surface area contributed by atoms with E-state index in [0.29, 0.717) is 38.4 Å². The fourth-order valence-electron chi connectivity index (χ4n) is 3.33. The summed E-state index contributed by atoms with van der Waals surface area (Å²) in [6, 6.07) is 8.41. The number of piperidine rings is 1. The molecule has 1 fully saturated rings. The van der Waals surface area contributed by atoms with Crippen LogP contribution in [0, 0.1) is 11.8 Å². The van der Waals surface area contributed by atoms with Crippen LogP contribution in [0.2, 0.25) is 0 Å². The van der Waals surface area contributed by atoms with Gasteiger partial charge in [0.05, 0.1) is 18.5 Å². The Morgan fingerprint density at radius 2 is 1.76 bits per heavy atom. The van der Waals surface area contributed by atoms with E-state index in [9.17, 15) is 9.59 Å². The number of aliphatic carboxylic acids is 1. The summed E-state index contributed by atoms with van der Waals surface area (Å²) in [7, 11) is 0. The van der Waals surface area contributed by atoms with Crippen molar-refractivity contribution in [2.24, 2.45) is 11.8 Å². The Morgan fingerprint density at radius 1 is 1.16 bits per heavy atom. The number of hydrogen-bond donors (Lipinski definition) is 2. The molecule has 1 aromatic carbocycles. The minimum absolute atomic E-state index is 0.00691.